The lowest BCUT2D eigenvalue weighted by molar-refractivity contribution is -0.274. The molecule has 0 saturated heterocycles. The van der Waals surface area contributed by atoms with Crippen molar-refractivity contribution in [3.05, 3.63) is 52.9 Å². The zero-order valence-corrected chi connectivity index (χ0v) is 16.1. The average Bonchev–Trinajstić information content (AvgIpc) is 3.01. The van der Waals surface area contributed by atoms with Crippen molar-refractivity contribution >= 4 is 29.0 Å². The first-order valence-electron chi connectivity index (χ1n) is 8.44. The van der Waals surface area contributed by atoms with E-state index in [2.05, 4.69) is 14.8 Å². The lowest BCUT2D eigenvalue weighted by Gasteiger charge is -2.21. The number of ether oxygens (including phenoxy) is 1. The number of hydrogen-bond acceptors (Lipinski definition) is 4. The summed E-state index contributed by atoms with van der Waals surface area (Å²) >= 11 is 6.08. The Hall–Kier alpha value is -3.01. The highest BCUT2D eigenvalue weighted by atomic mass is 35.5. The number of nitrogens with zero attached hydrogens (tertiary/aromatic N) is 4. The van der Waals surface area contributed by atoms with E-state index in [0.717, 1.165) is 22.7 Å². The number of fused-ring (bicyclic) bond motifs is 1. The van der Waals surface area contributed by atoms with Gasteiger partial charge in [-0.05, 0) is 23.6 Å². The van der Waals surface area contributed by atoms with Gasteiger partial charge < -0.3 is 9.84 Å². The first-order valence-corrected chi connectivity index (χ1v) is 8.82. The third kappa shape index (κ3) is 4.70. The van der Waals surface area contributed by atoms with E-state index < -0.39 is 18.2 Å². The molecule has 2 heterocycles. The van der Waals surface area contributed by atoms with Crippen LogP contribution in [0.1, 0.15) is 31.0 Å². The number of anilines is 1. The monoisotopic (exact) mass is 428 g/mol. The van der Waals surface area contributed by atoms with E-state index >= 15 is 0 Å². The molecule has 0 spiro atoms. The van der Waals surface area contributed by atoms with Crippen molar-refractivity contribution < 1.29 is 27.8 Å². The summed E-state index contributed by atoms with van der Waals surface area (Å²) in [6.07, 6.45) is -4.60. The molecule has 0 saturated carbocycles. The molecule has 7 nitrogen and oxygen atoms in total. The van der Waals surface area contributed by atoms with Crippen LogP contribution >= 0.6 is 11.6 Å². The molecule has 1 amide bonds. The van der Waals surface area contributed by atoms with Gasteiger partial charge in [-0.25, -0.2) is 14.3 Å². The summed E-state index contributed by atoms with van der Waals surface area (Å²) in [4.78, 5) is 17.1. The third-order valence-electron chi connectivity index (χ3n) is 4.03. The van der Waals surface area contributed by atoms with Gasteiger partial charge in [0.15, 0.2) is 10.8 Å². The van der Waals surface area contributed by atoms with Crippen molar-refractivity contribution in [1.82, 2.24) is 14.6 Å². The molecule has 0 radical (unpaired) electrons. The van der Waals surface area contributed by atoms with Gasteiger partial charge in [0.25, 0.3) is 0 Å². The van der Waals surface area contributed by atoms with Crippen LogP contribution < -0.4 is 9.64 Å². The minimum atomic E-state index is -4.85. The fourth-order valence-corrected chi connectivity index (χ4v) is 2.99. The summed E-state index contributed by atoms with van der Waals surface area (Å²) in [7, 11) is 0. The summed E-state index contributed by atoms with van der Waals surface area (Å²) < 4.78 is 42.7. The van der Waals surface area contributed by atoms with Crippen molar-refractivity contribution in [3.63, 3.8) is 0 Å². The Kier molecular flexibility index (Phi) is 5.56. The first kappa shape index (κ1) is 20.7. The van der Waals surface area contributed by atoms with E-state index in [1.54, 1.807) is 6.20 Å². The van der Waals surface area contributed by atoms with Crippen molar-refractivity contribution in [3.8, 4) is 5.75 Å². The minimum absolute atomic E-state index is 0.0489. The number of aromatic nitrogens is 3. The molecule has 0 unspecified atom stereocenters. The van der Waals surface area contributed by atoms with Gasteiger partial charge in [-0.1, -0.05) is 37.6 Å². The van der Waals surface area contributed by atoms with Crippen LogP contribution in [0.15, 0.2) is 36.5 Å². The van der Waals surface area contributed by atoms with Crippen molar-refractivity contribution in [2.75, 3.05) is 4.90 Å². The molecule has 1 aromatic carbocycles. The number of imidazole rings is 1. The van der Waals surface area contributed by atoms with Gasteiger partial charge in [0.05, 0.1) is 24.1 Å². The average molecular weight is 429 g/mol. The summed E-state index contributed by atoms with van der Waals surface area (Å²) in [6, 6.07) is 6.43. The Morgan fingerprint density at radius 1 is 1.34 bits per heavy atom. The number of amides is 1. The number of rotatable bonds is 5. The Morgan fingerprint density at radius 2 is 2.07 bits per heavy atom. The molecule has 0 aliphatic carbocycles. The second kappa shape index (κ2) is 7.78. The number of hydrogen-bond donors (Lipinski definition) is 1. The summed E-state index contributed by atoms with van der Waals surface area (Å²) in [6.45, 7) is 3.60. The van der Waals surface area contributed by atoms with Gasteiger partial charge in [-0.3, -0.25) is 4.90 Å². The molecule has 0 aliphatic heterocycles. The molecule has 0 atom stereocenters. The van der Waals surface area contributed by atoms with E-state index in [4.69, 9.17) is 11.6 Å². The van der Waals surface area contributed by atoms with Crippen LogP contribution in [0.4, 0.5) is 23.7 Å². The molecule has 29 heavy (non-hydrogen) atoms. The van der Waals surface area contributed by atoms with Crippen molar-refractivity contribution in [2.45, 2.75) is 32.7 Å². The van der Waals surface area contributed by atoms with E-state index in [1.807, 2.05) is 13.8 Å². The molecule has 3 rings (SSSR count). The van der Waals surface area contributed by atoms with Gasteiger partial charge in [0.1, 0.15) is 5.75 Å². The zero-order chi connectivity index (χ0) is 21.3. The number of carbonyl (C=O) groups is 1. The van der Waals surface area contributed by atoms with Crippen LogP contribution in [0.2, 0.25) is 5.15 Å². The highest BCUT2D eigenvalue weighted by Gasteiger charge is 2.31. The van der Waals surface area contributed by atoms with Crippen LogP contribution in [-0.4, -0.2) is 32.2 Å². The Bertz CT molecular complexity index is 1050. The fraction of sp³-hybridized carbons (Fsp3) is 0.278. The topological polar surface area (TPSA) is 80.0 Å². The lowest BCUT2D eigenvalue weighted by Crippen LogP contribution is -2.29. The zero-order valence-electron chi connectivity index (χ0n) is 15.3. The number of alkyl halides is 3. The minimum Gasteiger partial charge on any atom is -0.465 e. The molecule has 2 aromatic heterocycles. The van der Waals surface area contributed by atoms with Crippen LogP contribution in [0, 0.1) is 0 Å². The number of carboxylic acid groups (broad SMARTS) is 1. The van der Waals surface area contributed by atoms with Crippen LogP contribution in [-0.2, 0) is 6.54 Å². The summed E-state index contributed by atoms with van der Waals surface area (Å²) in [5.41, 5.74) is 1.44. The van der Waals surface area contributed by atoms with Crippen LogP contribution in [0.5, 0.6) is 5.75 Å². The van der Waals surface area contributed by atoms with E-state index in [9.17, 15) is 23.1 Å². The number of benzene rings is 1. The summed E-state index contributed by atoms with van der Waals surface area (Å²) in [5, 5.41) is 13.9. The smallest absolute Gasteiger partial charge is 0.465 e. The van der Waals surface area contributed by atoms with E-state index in [0.29, 0.717) is 0 Å². The molecule has 1 N–H and O–H groups in total. The third-order valence-corrected chi connectivity index (χ3v) is 4.22. The first-order chi connectivity index (χ1) is 13.5. The maximum absolute atomic E-state index is 12.5. The molecule has 3 aromatic rings. The molecule has 154 valence electrons. The van der Waals surface area contributed by atoms with Gasteiger partial charge >= 0.3 is 12.5 Å². The van der Waals surface area contributed by atoms with E-state index in [-0.39, 0.29) is 34.5 Å². The van der Waals surface area contributed by atoms with Crippen molar-refractivity contribution in [1.29, 1.82) is 0 Å². The highest BCUT2D eigenvalue weighted by molar-refractivity contribution is 6.29. The summed E-state index contributed by atoms with van der Waals surface area (Å²) in [5.74, 6) is -0.389. The SMILES string of the molecule is CC(C)c1cnc2c(N(Cc3cccc(OC(F)(F)F)c3)C(=O)O)cc(Cl)nn12. The predicted octanol–water partition coefficient (Wildman–Crippen LogP) is 5.09. The lowest BCUT2D eigenvalue weighted by atomic mass is 10.1. The van der Waals surface area contributed by atoms with Gasteiger partial charge in [-0.2, -0.15) is 5.10 Å². The molecular weight excluding hydrogens is 413 g/mol. The van der Waals surface area contributed by atoms with Crippen LogP contribution in [0.3, 0.4) is 0 Å². The molecule has 0 bridgehead atoms. The highest BCUT2D eigenvalue weighted by Crippen LogP contribution is 2.29. The molecule has 11 heteroatoms. The largest absolute Gasteiger partial charge is 0.573 e. The van der Waals surface area contributed by atoms with E-state index in [1.165, 1.54) is 22.7 Å². The van der Waals surface area contributed by atoms with Crippen molar-refractivity contribution in [2.24, 2.45) is 0 Å². The maximum atomic E-state index is 12.5. The standard InChI is InChI=1S/C18H16ClF3N4O3/c1-10(2)14-8-23-16-13(7-15(19)24-26(14)16)25(17(27)28)9-11-4-3-5-12(6-11)29-18(20,21)22/h3-8,10H,9H2,1-2H3,(H,27,28). The van der Waals surface area contributed by atoms with Gasteiger partial charge in [0.2, 0.25) is 0 Å². The molecular formula is C18H16ClF3N4O3. The predicted molar refractivity (Wildman–Crippen MR) is 99.4 cm³/mol. The second-order valence-electron chi connectivity index (χ2n) is 6.49. The maximum Gasteiger partial charge on any atom is 0.573 e. The van der Waals surface area contributed by atoms with Crippen LogP contribution in [0.25, 0.3) is 5.65 Å². The Balaban J connectivity index is 2.02. The fourth-order valence-electron chi connectivity index (χ4n) is 2.81. The molecule has 0 fully saturated rings. The number of halogens is 4. The Labute approximate surface area is 168 Å². The Morgan fingerprint density at radius 3 is 2.69 bits per heavy atom. The normalized spacial score (nSPS) is 11.8. The second-order valence-corrected chi connectivity index (χ2v) is 6.88. The van der Waals surface area contributed by atoms with Gasteiger partial charge in [-0.15, -0.1) is 13.2 Å². The van der Waals surface area contributed by atoms with Gasteiger partial charge in [0, 0.05) is 6.07 Å². The molecule has 0 aliphatic rings. The quantitative estimate of drug-likeness (QED) is 0.612.